The Kier molecular flexibility index (Phi) is 4.31. The first-order valence-electron chi connectivity index (χ1n) is 8.40. The Morgan fingerprint density at radius 1 is 0.920 bits per heavy atom. The highest BCUT2D eigenvalue weighted by Gasteiger charge is 2.35. The molecule has 2 aliphatic heterocycles. The number of benzene rings is 2. The minimum Gasteiger partial charge on any atom is -0.378 e. The SMILES string of the molecule is O=C1C(=Cc2ccccc2)N=C(N2CCOCC2)N1c1ccccc1. The molecule has 0 aromatic heterocycles. The molecular formula is C20H19N3O2. The van der Waals surface area contributed by atoms with Gasteiger partial charge in [0, 0.05) is 13.1 Å². The van der Waals surface area contributed by atoms with Gasteiger partial charge in [-0.3, -0.25) is 4.79 Å². The monoisotopic (exact) mass is 333 g/mol. The molecule has 0 unspecified atom stereocenters. The molecule has 126 valence electrons. The molecule has 1 amide bonds. The molecule has 0 N–H and O–H groups in total. The average Bonchev–Trinajstić information content (AvgIpc) is 3.00. The van der Waals surface area contributed by atoms with Crippen LogP contribution in [0.3, 0.4) is 0 Å². The highest BCUT2D eigenvalue weighted by Crippen LogP contribution is 2.26. The van der Waals surface area contributed by atoms with Crippen LogP contribution < -0.4 is 4.90 Å². The zero-order valence-corrected chi connectivity index (χ0v) is 13.8. The van der Waals surface area contributed by atoms with E-state index < -0.39 is 0 Å². The van der Waals surface area contributed by atoms with Gasteiger partial charge >= 0.3 is 0 Å². The number of hydrogen-bond acceptors (Lipinski definition) is 4. The molecule has 0 aliphatic carbocycles. The zero-order chi connectivity index (χ0) is 17.1. The number of rotatable bonds is 2. The first kappa shape index (κ1) is 15.6. The first-order valence-corrected chi connectivity index (χ1v) is 8.40. The third kappa shape index (κ3) is 3.19. The smallest absolute Gasteiger partial charge is 0.283 e. The van der Waals surface area contributed by atoms with Gasteiger partial charge in [-0.15, -0.1) is 0 Å². The fourth-order valence-electron chi connectivity index (χ4n) is 3.00. The number of carbonyl (C=O) groups is 1. The summed E-state index contributed by atoms with van der Waals surface area (Å²) in [6.07, 6.45) is 1.84. The molecule has 4 rings (SSSR count). The van der Waals surface area contributed by atoms with Crippen molar-refractivity contribution in [2.45, 2.75) is 0 Å². The number of carbonyl (C=O) groups excluding carboxylic acids is 1. The summed E-state index contributed by atoms with van der Waals surface area (Å²) in [7, 11) is 0. The highest BCUT2D eigenvalue weighted by atomic mass is 16.5. The van der Waals surface area contributed by atoms with Gasteiger partial charge in [-0.05, 0) is 23.8 Å². The number of morpholine rings is 1. The third-order valence-electron chi connectivity index (χ3n) is 4.25. The molecule has 2 heterocycles. The van der Waals surface area contributed by atoms with Crippen LogP contribution in [0.5, 0.6) is 0 Å². The van der Waals surface area contributed by atoms with E-state index in [1.807, 2.05) is 66.7 Å². The number of ether oxygens (including phenoxy) is 1. The maximum absolute atomic E-state index is 13.0. The molecule has 0 radical (unpaired) electrons. The number of amides is 1. The fraction of sp³-hybridized carbons (Fsp3) is 0.200. The summed E-state index contributed by atoms with van der Waals surface area (Å²) in [5, 5.41) is 0. The van der Waals surface area contributed by atoms with Crippen LogP contribution >= 0.6 is 0 Å². The van der Waals surface area contributed by atoms with Crippen LogP contribution in [0, 0.1) is 0 Å². The van der Waals surface area contributed by atoms with Crippen molar-refractivity contribution in [3.63, 3.8) is 0 Å². The van der Waals surface area contributed by atoms with Crippen LogP contribution in [0.2, 0.25) is 0 Å². The molecule has 1 fully saturated rings. The molecule has 5 heteroatoms. The number of guanidine groups is 1. The highest BCUT2D eigenvalue weighted by molar-refractivity contribution is 6.28. The predicted octanol–water partition coefficient (Wildman–Crippen LogP) is 2.76. The molecule has 0 atom stereocenters. The lowest BCUT2D eigenvalue weighted by Crippen LogP contribution is -2.48. The third-order valence-corrected chi connectivity index (χ3v) is 4.25. The second-order valence-electron chi connectivity index (χ2n) is 5.93. The zero-order valence-electron chi connectivity index (χ0n) is 13.8. The van der Waals surface area contributed by atoms with Crippen molar-refractivity contribution in [2.24, 2.45) is 4.99 Å². The molecule has 2 aromatic rings. The van der Waals surface area contributed by atoms with E-state index in [0.29, 0.717) is 24.9 Å². The summed E-state index contributed by atoms with van der Waals surface area (Å²) in [5.41, 5.74) is 2.25. The molecule has 5 nitrogen and oxygen atoms in total. The second kappa shape index (κ2) is 6.91. The second-order valence-corrected chi connectivity index (χ2v) is 5.93. The Morgan fingerprint density at radius 2 is 1.56 bits per heavy atom. The summed E-state index contributed by atoms with van der Waals surface area (Å²) in [6.45, 7) is 2.75. The quantitative estimate of drug-likeness (QED) is 0.794. The fourth-order valence-corrected chi connectivity index (χ4v) is 3.00. The number of para-hydroxylation sites is 1. The number of anilines is 1. The van der Waals surface area contributed by atoms with Crippen LogP contribution in [-0.2, 0) is 9.53 Å². The molecule has 2 aliphatic rings. The lowest BCUT2D eigenvalue weighted by Gasteiger charge is -2.32. The Morgan fingerprint density at radius 3 is 2.24 bits per heavy atom. The molecule has 25 heavy (non-hydrogen) atoms. The van der Waals surface area contributed by atoms with Crippen LogP contribution in [0.1, 0.15) is 5.56 Å². The molecular weight excluding hydrogens is 314 g/mol. The first-order chi connectivity index (χ1) is 12.3. The van der Waals surface area contributed by atoms with Gasteiger partial charge in [0.15, 0.2) is 0 Å². The van der Waals surface area contributed by atoms with Gasteiger partial charge in [-0.2, -0.15) is 0 Å². The van der Waals surface area contributed by atoms with E-state index in [-0.39, 0.29) is 5.91 Å². The Balaban J connectivity index is 1.74. The maximum atomic E-state index is 13.0. The summed E-state index contributed by atoms with van der Waals surface area (Å²) in [4.78, 5) is 21.5. The minimum atomic E-state index is -0.100. The molecule has 0 saturated carbocycles. The van der Waals surface area contributed by atoms with Gasteiger partial charge in [-0.25, -0.2) is 9.89 Å². The summed E-state index contributed by atoms with van der Waals surface area (Å²) < 4.78 is 5.43. The average molecular weight is 333 g/mol. The number of aliphatic imine (C=N–C) groups is 1. The van der Waals surface area contributed by atoms with Gasteiger partial charge < -0.3 is 9.64 Å². The van der Waals surface area contributed by atoms with E-state index in [1.165, 1.54) is 0 Å². The van der Waals surface area contributed by atoms with E-state index in [9.17, 15) is 4.79 Å². The van der Waals surface area contributed by atoms with Gasteiger partial charge in [-0.1, -0.05) is 48.5 Å². The normalized spacial score (nSPS) is 19.4. The number of hydrogen-bond donors (Lipinski definition) is 0. The minimum absolute atomic E-state index is 0.100. The van der Waals surface area contributed by atoms with Crippen molar-refractivity contribution in [2.75, 3.05) is 31.2 Å². The molecule has 0 spiro atoms. The van der Waals surface area contributed by atoms with Crippen molar-refractivity contribution < 1.29 is 9.53 Å². The summed E-state index contributed by atoms with van der Waals surface area (Å²) in [6, 6.07) is 19.5. The predicted molar refractivity (Wildman–Crippen MR) is 98.2 cm³/mol. The van der Waals surface area contributed by atoms with Crippen LogP contribution in [-0.4, -0.2) is 43.1 Å². The lowest BCUT2D eigenvalue weighted by atomic mass is 10.2. The molecule has 0 bridgehead atoms. The topological polar surface area (TPSA) is 45.1 Å². The van der Waals surface area contributed by atoms with E-state index in [4.69, 9.17) is 4.74 Å². The van der Waals surface area contributed by atoms with Crippen molar-refractivity contribution in [1.29, 1.82) is 0 Å². The van der Waals surface area contributed by atoms with Crippen molar-refractivity contribution >= 4 is 23.6 Å². The molecule has 1 saturated heterocycles. The summed E-state index contributed by atoms with van der Waals surface area (Å²) in [5.74, 6) is 0.582. The Bertz CT molecular complexity index is 809. The molecule has 2 aromatic carbocycles. The van der Waals surface area contributed by atoms with E-state index in [2.05, 4.69) is 9.89 Å². The van der Waals surface area contributed by atoms with E-state index in [1.54, 1.807) is 4.90 Å². The standard InChI is InChI=1S/C20H19N3O2/c24-19-18(15-16-7-3-1-4-8-16)21-20(22-11-13-25-14-12-22)23(19)17-9-5-2-6-10-17/h1-10,15H,11-14H2. The van der Waals surface area contributed by atoms with Crippen molar-refractivity contribution in [3.05, 3.63) is 71.9 Å². The van der Waals surface area contributed by atoms with E-state index in [0.717, 1.165) is 24.3 Å². The van der Waals surface area contributed by atoms with Crippen LogP contribution in [0.15, 0.2) is 71.4 Å². The van der Waals surface area contributed by atoms with Crippen LogP contribution in [0.4, 0.5) is 5.69 Å². The largest absolute Gasteiger partial charge is 0.378 e. The van der Waals surface area contributed by atoms with Gasteiger partial charge in [0.05, 0.1) is 18.9 Å². The number of nitrogens with zero attached hydrogens (tertiary/aromatic N) is 3. The summed E-state index contributed by atoms with van der Waals surface area (Å²) >= 11 is 0. The maximum Gasteiger partial charge on any atom is 0.283 e. The van der Waals surface area contributed by atoms with Gasteiger partial charge in [0.25, 0.3) is 5.91 Å². The van der Waals surface area contributed by atoms with Crippen molar-refractivity contribution in [1.82, 2.24) is 4.90 Å². The van der Waals surface area contributed by atoms with Gasteiger partial charge in [0.2, 0.25) is 5.96 Å². The Labute approximate surface area is 146 Å². The van der Waals surface area contributed by atoms with Crippen LogP contribution in [0.25, 0.3) is 6.08 Å². The lowest BCUT2D eigenvalue weighted by molar-refractivity contribution is -0.113. The van der Waals surface area contributed by atoms with Crippen molar-refractivity contribution in [3.8, 4) is 0 Å². The Hall–Kier alpha value is -2.92. The van der Waals surface area contributed by atoms with Gasteiger partial charge in [0.1, 0.15) is 5.70 Å². The van der Waals surface area contributed by atoms with E-state index >= 15 is 0 Å².